The lowest BCUT2D eigenvalue weighted by Crippen LogP contribution is -2.58. The van der Waals surface area contributed by atoms with E-state index in [9.17, 15) is 34.2 Å². The Kier molecular flexibility index (Phi) is 13.2. The number of hydrogen-bond donors (Lipinski definition) is 8. The average molecular weight is 571 g/mol. The number of nitrogens with one attached hydrogen (secondary N) is 3. The van der Waals surface area contributed by atoms with Gasteiger partial charge in [0.2, 0.25) is 23.6 Å². The van der Waals surface area contributed by atoms with Crippen LogP contribution in [-0.2, 0) is 36.8 Å². The van der Waals surface area contributed by atoms with Gasteiger partial charge in [0.05, 0.1) is 12.5 Å². The van der Waals surface area contributed by atoms with Gasteiger partial charge in [-0.1, -0.05) is 42.5 Å². The number of aliphatic carboxylic acids is 1. The molecular formula is C28H38N6O7. The van der Waals surface area contributed by atoms with Crippen LogP contribution in [-0.4, -0.2) is 70.5 Å². The molecule has 4 atom stereocenters. The van der Waals surface area contributed by atoms with Crippen molar-refractivity contribution in [3.63, 3.8) is 0 Å². The van der Waals surface area contributed by atoms with Crippen molar-refractivity contribution in [1.29, 1.82) is 0 Å². The van der Waals surface area contributed by atoms with Crippen LogP contribution < -0.4 is 33.2 Å². The van der Waals surface area contributed by atoms with E-state index in [-0.39, 0.29) is 25.0 Å². The molecule has 13 nitrogen and oxygen atoms in total. The molecule has 222 valence electrons. The van der Waals surface area contributed by atoms with Crippen LogP contribution in [0.3, 0.4) is 0 Å². The number of carboxylic acids is 1. The molecule has 0 aromatic heterocycles. The van der Waals surface area contributed by atoms with Crippen molar-refractivity contribution >= 4 is 29.6 Å². The lowest BCUT2D eigenvalue weighted by Gasteiger charge is -2.25. The molecule has 0 aliphatic heterocycles. The fourth-order valence-electron chi connectivity index (χ4n) is 4.02. The second-order valence-corrected chi connectivity index (χ2v) is 9.64. The monoisotopic (exact) mass is 570 g/mol. The van der Waals surface area contributed by atoms with Gasteiger partial charge in [-0.3, -0.25) is 19.2 Å². The molecule has 4 unspecified atom stereocenters. The van der Waals surface area contributed by atoms with Gasteiger partial charge < -0.3 is 43.4 Å². The number of rotatable bonds is 17. The van der Waals surface area contributed by atoms with Gasteiger partial charge in [-0.15, -0.1) is 0 Å². The first-order chi connectivity index (χ1) is 19.5. The van der Waals surface area contributed by atoms with Crippen LogP contribution in [0.4, 0.5) is 0 Å². The molecule has 2 aromatic rings. The molecule has 11 N–H and O–H groups in total. The molecule has 0 saturated heterocycles. The highest BCUT2D eigenvalue weighted by Gasteiger charge is 2.31. The highest BCUT2D eigenvalue weighted by molar-refractivity contribution is 5.96. The summed E-state index contributed by atoms with van der Waals surface area (Å²) in [7, 11) is 0. The summed E-state index contributed by atoms with van der Waals surface area (Å²) in [6.45, 7) is 0.355. The molecule has 13 heteroatoms. The van der Waals surface area contributed by atoms with Gasteiger partial charge in [-0.2, -0.15) is 0 Å². The third-order valence-corrected chi connectivity index (χ3v) is 6.24. The Balaban J connectivity index is 2.13. The fourth-order valence-corrected chi connectivity index (χ4v) is 4.02. The van der Waals surface area contributed by atoms with Crippen LogP contribution in [0.15, 0.2) is 54.6 Å². The van der Waals surface area contributed by atoms with Crippen molar-refractivity contribution in [3.05, 3.63) is 65.7 Å². The lowest BCUT2D eigenvalue weighted by molar-refractivity contribution is -0.142. The van der Waals surface area contributed by atoms with E-state index in [1.54, 1.807) is 42.5 Å². The SMILES string of the molecule is NCCCCC(NC(=O)C(N)Cc1ccc(O)cc1)C(=O)NC(CC(N)=O)C(=O)NC(Cc1ccccc1)C(=O)O. The first-order valence-corrected chi connectivity index (χ1v) is 13.2. The third-order valence-electron chi connectivity index (χ3n) is 6.24. The number of phenols is 1. The summed E-state index contributed by atoms with van der Waals surface area (Å²) in [5, 5.41) is 26.4. The molecule has 0 heterocycles. The van der Waals surface area contributed by atoms with Crippen molar-refractivity contribution in [2.24, 2.45) is 17.2 Å². The Morgan fingerprint density at radius 2 is 1.29 bits per heavy atom. The summed E-state index contributed by atoms with van der Waals surface area (Å²) in [4.78, 5) is 62.6. The molecule has 2 rings (SSSR count). The van der Waals surface area contributed by atoms with E-state index in [2.05, 4.69) is 16.0 Å². The molecule has 0 spiro atoms. The number of unbranched alkanes of at least 4 members (excludes halogenated alkanes) is 1. The number of amides is 4. The zero-order valence-corrected chi connectivity index (χ0v) is 22.6. The largest absolute Gasteiger partial charge is 0.508 e. The molecule has 41 heavy (non-hydrogen) atoms. The molecule has 0 saturated carbocycles. The van der Waals surface area contributed by atoms with Gasteiger partial charge in [0, 0.05) is 6.42 Å². The number of primary amides is 1. The lowest BCUT2D eigenvalue weighted by atomic mass is 10.0. The van der Waals surface area contributed by atoms with Crippen LogP contribution in [0.1, 0.15) is 36.8 Å². The van der Waals surface area contributed by atoms with Crippen molar-refractivity contribution in [2.45, 2.75) is 62.7 Å². The maximum Gasteiger partial charge on any atom is 0.326 e. The minimum atomic E-state index is -1.49. The molecule has 0 radical (unpaired) electrons. The molecule has 0 aliphatic rings. The van der Waals surface area contributed by atoms with Gasteiger partial charge in [0.15, 0.2) is 0 Å². The summed E-state index contributed by atoms with van der Waals surface area (Å²) in [5.74, 6) is -4.47. The first-order valence-electron chi connectivity index (χ1n) is 13.2. The van der Waals surface area contributed by atoms with Gasteiger partial charge in [-0.05, 0) is 55.5 Å². The summed E-state index contributed by atoms with van der Waals surface area (Å²) in [6, 6.07) is 9.79. The number of aromatic hydroxyl groups is 1. The van der Waals surface area contributed by atoms with Gasteiger partial charge >= 0.3 is 5.97 Å². The third kappa shape index (κ3) is 11.6. The number of benzene rings is 2. The first kappa shape index (κ1) is 32.7. The van der Waals surface area contributed by atoms with Crippen LogP contribution in [0, 0.1) is 0 Å². The fraction of sp³-hybridized carbons (Fsp3) is 0.393. The predicted molar refractivity (Wildman–Crippen MR) is 150 cm³/mol. The van der Waals surface area contributed by atoms with E-state index >= 15 is 0 Å². The van der Waals surface area contributed by atoms with Crippen molar-refractivity contribution < 1.29 is 34.2 Å². The Labute approximate surface area is 237 Å². The Morgan fingerprint density at radius 1 is 0.732 bits per heavy atom. The van der Waals surface area contributed by atoms with Gasteiger partial charge in [0.1, 0.15) is 23.9 Å². The molecule has 4 amide bonds. The second kappa shape index (κ2) is 16.6. The van der Waals surface area contributed by atoms with Crippen molar-refractivity contribution in [1.82, 2.24) is 16.0 Å². The zero-order valence-electron chi connectivity index (χ0n) is 22.6. The number of carboxylic acid groups (broad SMARTS) is 1. The van der Waals surface area contributed by atoms with Crippen molar-refractivity contribution in [3.8, 4) is 5.75 Å². The maximum atomic E-state index is 13.2. The van der Waals surface area contributed by atoms with Crippen LogP contribution in [0.25, 0.3) is 0 Å². The number of carbonyl (C=O) groups excluding carboxylic acids is 4. The average Bonchev–Trinajstić information content (AvgIpc) is 2.93. The zero-order chi connectivity index (χ0) is 30.4. The minimum Gasteiger partial charge on any atom is -0.508 e. The van der Waals surface area contributed by atoms with Gasteiger partial charge in [0.25, 0.3) is 0 Å². The number of phenolic OH excluding ortho intramolecular Hbond substituents is 1. The van der Waals surface area contributed by atoms with Crippen LogP contribution >= 0.6 is 0 Å². The summed E-state index contributed by atoms with van der Waals surface area (Å²) < 4.78 is 0. The van der Waals surface area contributed by atoms with Crippen molar-refractivity contribution in [2.75, 3.05) is 6.54 Å². The Morgan fingerprint density at radius 3 is 1.88 bits per heavy atom. The summed E-state index contributed by atoms with van der Waals surface area (Å²) in [5.41, 5.74) is 18.2. The van der Waals surface area contributed by atoms with Gasteiger partial charge in [-0.25, -0.2) is 4.79 Å². The smallest absolute Gasteiger partial charge is 0.326 e. The molecule has 0 bridgehead atoms. The van der Waals surface area contributed by atoms with Crippen LogP contribution in [0.2, 0.25) is 0 Å². The number of hydrogen-bond acceptors (Lipinski definition) is 8. The van der Waals surface area contributed by atoms with E-state index in [4.69, 9.17) is 17.2 Å². The highest BCUT2D eigenvalue weighted by Crippen LogP contribution is 2.11. The summed E-state index contributed by atoms with van der Waals surface area (Å²) >= 11 is 0. The van der Waals surface area contributed by atoms with Crippen LogP contribution in [0.5, 0.6) is 5.75 Å². The van der Waals surface area contributed by atoms with E-state index in [0.717, 1.165) is 0 Å². The highest BCUT2D eigenvalue weighted by atomic mass is 16.4. The molecule has 0 aliphatic carbocycles. The number of carbonyl (C=O) groups is 5. The molecule has 2 aromatic carbocycles. The van der Waals surface area contributed by atoms with E-state index in [1.807, 2.05) is 0 Å². The standard InChI is InChI=1S/C28H38N6O7/c29-13-5-4-8-21(32-25(37)20(30)14-18-9-11-19(35)12-10-18)26(38)33-22(16-24(31)36)27(39)34-23(28(40)41)15-17-6-2-1-3-7-17/h1-3,6-7,9-12,20-23,35H,4-5,8,13-16,29-30H2,(H2,31,36)(H,32,37)(H,33,38)(H,34,39)(H,40,41). The van der Waals surface area contributed by atoms with E-state index < -0.39 is 60.2 Å². The molecule has 0 fully saturated rings. The normalized spacial score (nSPS) is 13.7. The van der Waals surface area contributed by atoms with E-state index in [0.29, 0.717) is 30.5 Å². The maximum absolute atomic E-state index is 13.2. The predicted octanol–water partition coefficient (Wildman–Crippen LogP) is -0.952. The second-order valence-electron chi connectivity index (χ2n) is 9.64. The quantitative estimate of drug-likeness (QED) is 0.109. The Bertz CT molecular complexity index is 1180. The Hall–Kier alpha value is -4.49. The minimum absolute atomic E-state index is 0.0319. The topological polar surface area (TPSA) is 240 Å². The number of nitrogens with two attached hydrogens (primary N) is 3. The summed E-state index contributed by atoms with van der Waals surface area (Å²) in [6.07, 6.45) is 0.692. The molecular weight excluding hydrogens is 532 g/mol. The van der Waals surface area contributed by atoms with E-state index in [1.165, 1.54) is 12.1 Å².